The fourth-order valence-corrected chi connectivity index (χ4v) is 17.2. The second-order valence-corrected chi connectivity index (χ2v) is 33.4. The third kappa shape index (κ3) is 6.41. The first kappa shape index (κ1) is 38.9. The third-order valence-corrected chi connectivity index (χ3v) is 20.9. The van der Waals surface area contributed by atoms with Gasteiger partial charge in [-0.25, -0.2) is 4.98 Å². The minimum atomic E-state index is -1.74. The summed E-state index contributed by atoms with van der Waals surface area (Å²) in [4.78, 5) is 5.50. The molecule has 5 heteroatoms. The zero-order valence-corrected chi connectivity index (χ0v) is 39.0. The molecule has 3 nitrogen and oxygen atoms in total. The van der Waals surface area contributed by atoms with Crippen LogP contribution >= 0.6 is 0 Å². The average molecular weight is 828 g/mol. The summed E-state index contributed by atoms with van der Waals surface area (Å²) in [5.74, 6) is 5.84. The van der Waals surface area contributed by atoms with Crippen LogP contribution in [0.15, 0.2) is 91.0 Å². The smallest absolute Gasteiger partial charge is 0.127 e. The Labute approximate surface area is 361 Å². The van der Waals surface area contributed by atoms with Gasteiger partial charge in [-0.2, -0.15) is 0 Å². The summed E-state index contributed by atoms with van der Waals surface area (Å²) < 4.78 is 0. The van der Waals surface area contributed by atoms with E-state index in [1.807, 2.05) is 0 Å². The third-order valence-electron chi connectivity index (χ3n) is 16.9. The Hall–Kier alpha value is -3.94. The highest BCUT2D eigenvalue weighted by Gasteiger charge is 2.54. The van der Waals surface area contributed by atoms with Gasteiger partial charge in [-0.1, -0.05) is 129 Å². The van der Waals surface area contributed by atoms with Gasteiger partial charge in [-0.05, 0) is 147 Å². The van der Waals surface area contributed by atoms with E-state index in [2.05, 4.69) is 130 Å². The molecule has 0 atom stereocenters. The first-order valence-electron chi connectivity index (χ1n) is 23.6. The number of phenolic OH excluding ortho intramolecular Hbond substituents is 2. The van der Waals surface area contributed by atoms with Crippen LogP contribution < -0.4 is 10.4 Å². The SMILES string of the molecule is C[Si](C)(C)c1cc(-c2ccccc2-c2cccc(-c3ccccc3-c3cc([Si](C)(C)C)cc(C45CC6CC(CC(C6)C4)C5)c3O)n2)c(O)c(C23CC4CC(CC(C4)C2)C3)c1. The number of nitrogens with zero attached hydrogens (tertiary/aromatic N) is 1. The molecule has 0 amide bonds. The molecule has 0 saturated heterocycles. The number of aromatic nitrogens is 1. The summed E-state index contributed by atoms with van der Waals surface area (Å²) in [6, 6.07) is 33.3. The predicted molar refractivity (Wildman–Crippen MR) is 255 cm³/mol. The van der Waals surface area contributed by atoms with Gasteiger partial charge in [0.25, 0.3) is 0 Å². The Morgan fingerprint density at radius 1 is 0.417 bits per heavy atom. The van der Waals surface area contributed by atoms with Gasteiger partial charge in [-0.3, -0.25) is 0 Å². The van der Waals surface area contributed by atoms with Gasteiger partial charge in [0, 0.05) is 33.4 Å². The van der Waals surface area contributed by atoms with Crippen molar-refractivity contribution in [1.82, 2.24) is 4.98 Å². The number of benzene rings is 4. The van der Waals surface area contributed by atoms with E-state index < -0.39 is 16.1 Å². The Morgan fingerprint density at radius 2 is 0.733 bits per heavy atom. The Kier molecular flexibility index (Phi) is 8.95. The lowest BCUT2D eigenvalue weighted by Gasteiger charge is -2.57. The largest absolute Gasteiger partial charge is 0.507 e. The van der Waals surface area contributed by atoms with Crippen LogP contribution in [0.3, 0.4) is 0 Å². The summed E-state index contributed by atoms with van der Waals surface area (Å²) in [6.45, 7) is 14.7. The summed E-state index contributed by atoms with van der Waals surface area (Å²) in [7, 11) is -3.49. The highest BCUT2D eigenvalue weighted by molar-refractivity contribution is 6.89. The Morgan fingerprint density at radius 3 is 1.05 bits per heavy atom. The van der Waals surface area contributed by atoms with E-state index in [1.54, 1.807) is 0 Å². The highest BCUT2D eigenvalue weighted by atomic mass is 28.3. The second kappa shape index (κ2) is 13.8. The van der Waals surface area contributed by atoms with E-state index in [-0.39, 0.29) is 10.8 Å². The predicted octanol–water partition coefficient (Wildman–Crippen LogP) is 13.2. The van der Waals surface area contributed by atoms with Gasteiger partial charge in [-0.15, -0.1) is 0 Å². The summed E-state index contributed by atoms with van der Waals surface area (Å²) in [5, 5.41) is 28.1. The van der Waals surface area contributed by atoms with Crippen LogP contribution in [0.2, 0.25) is 39.3 Å². The van der Waals surface area contributed by atoms with E-state index >= 15 is 0 Å². The molecule has 0 unspecified atom stereocenters. The molecule has 13 rings (SSSR count). The van der Waals surface area contributed by atoms with Crippen molar-refractivity contribution in [3.63, 3.8) is 0 Å². The highest BCUT2D eigenvalue weighted by Crippen LogP contribution is 2.64. The average Bonchev–Trinajstić information content (AvgIpc) is 3.19. The van der Waals surface area contributed by atoms with E-state index in [9.17, 15) is 10.2 Å². The topological polar surface area (TPSA) is 53.4 Å². The maximum atomic E-state index is 12.6. The molecule has 0 radical (unpaired) electrons. The van der Waals surface area contributed by atoms with Crippen LogP contribution in [0, 0.1) is 35.5 Å². The van der Waals surface area contributed by atoms with Crippen molar-refractivity contribution in [3.8, 4) is 56.3 Å². The van der Waals surface area contributed by atoms with Gasteiger partial charge in [0.15, 0.2) is 0 Å². The molecule has 8 saturated carbocycles. The molecule has 60 heavy (non-hydrogen) atoms. The summed E-state index contributed by atoms with van der Waals surface area (Å²) in [5.41, 5.74) is 10.6. The van der Waals surface area contributed by atoms with Gasteiger partial charge in [0.1, 0.15) is 11.5 Å². The van der Waals surface area contributed by atoms with Crippen molar-refractivity contribution >= 4 is 26.5 Å². The lowest BCUT2D eigenvalue weighted by atomic mass is 9.48. The molecule has 310 valence electrons. The van der Waals surface area contributed by atoms with Crippen LogP contribution in [-0.2, 0) is 10.8 Å². The first-order chi connectivity index (χ1) is 28.6. The number of hydrogen-bond donors (Lipinski definition) is 2. The molecular formula is C55H65NO2Si2. The number of hydrogen-bond acceptors (Lipinski definition) is 3. The molecule has 0 aliphatic heterocycles. The molecule has 0 spiro atoms. The van der Waals surface area contributed by atoms with Crippen molar-refractivity contribution in [2.24, 2.45) is 35.5 Å². The number of aromatic hydroxyl groups is 2. The van der Waals surface area contributed by atoms with Crippen LogP contribution in [-0.4, -0.2) is 31.3 Å². The summed E-state index contributed by atoms with van der Waals surface area (Å²) in [6.07, 6.45) is 15.7. The van der Waals surface area contributed by atoms with Gasteiger partial charge < -0.3 is 10.2 Å². The van der Waals surface area contributed by atoms with Crippen molar-refractivity contribution in [1.29, 1.82) is 0 Å². The van der Waals surface area contributed by atoms with E-state index in [0.29, 0.717) is 11.5 Å². The van der Waals surface area contributed by atoms with E-state index in [4.69, 9.17) is 4.98 Å². The fourth-order valence-electron chi connectivity index (χ4n) is 14.9. The van der Waals surface area contributed by atoms with Crippen LogP contribution in [0.4, 0.5) is 0 Å². The molecular weight excluding hydrogens is 763 g/mol. The van der Waals surface area contributed by atoms with Gasteiger partial charge in [0.05, 0.1) is 27.5 Å². The number of pyridine rings is 1. The normalized spacial score (nSPS) is 30.3. The van der Waals surface area contributed by atoms with Crippen molar-refractivity contribution in [3.05, 3.63) is 102 Å². The molecule has 4 aromatic carbocycles. The molecule has 5 aromatic rings. The van der Waals surface area contributed by atoms with Crippen molar-refractivity contribution in [2.45, 2.75) is 127 Å². The Balaban J connectivity index is 1.03. The molecule has 8 bridgehead atoms. The minimum Gasteiger partial charge on any atom is -0.507 e. The molecule has 8 fully saturated rings. The standard InChI is InChI=1S/C55H65NO2Si2/c1-59(2,3)40-24-46(52(57)48(26-40)54-28-34-18-35(29-54)20-36(19-34)30-54)42-12-7-9-14-44(42)50-16-11-17-51(56-50)45-15-10-8-13-43(45)47-25-41(60(4,5)6)27-49(53(47)58)55-31-37-21-38(32-55)23-39(22-37)33-55/h7-17,24-27,34-39,57-58H,18-23,28-33H2,1-6H3. The maximum absolute atomic E-state index is 12.6. The monoisotopic (exact) mass is 827 g/mol. The molecule has 8 aliphatic rings. The quantitative estimate of drug-likeness (QED) is 0.153. The lowest BCUT2D eigenvalue weighted by molar-refractivity contribution is -0.00621. The maximum Gasteiger partial charge on any atom is 0.127 e. The molecule has 8 aliphatic carbocycles. The van der Waals surface area contributed by atoms with Crippen LogP contribution in [0.25, 0.3) is 44.8 Å². The van der Waals surface area contributed by atoms with Gasteiger partial charge in [0.2, 0.25) is 0 Å². The number of rotatable bonds is 8. The van der Waals surface area contributed by atoms with Crippen LogP contribution in [0.1, 0.15) is 88.2 Å². The van der Waals surface area contributed by atoms with Crippen molar-refractivity contribution < 1.29 is 10.2 Å². The summed E-state index contributed by atoms with van der Waals surface area (Å²) >= 11 is 0. The fraction of sp³-hybridized carbons (Fsp3) is 0.473. The zero-order chi connectivity index (χ0) is 41.3. The number of phenols is 2. The molecule has 1 heterocycles. The zero-order valence-electron chi connectivity index (χ0n) is 37.0. The van der Waals surface area contributed by atoms with E-state index in [0.717, 1.165) is 80.3 Å². The van der Waals surface area contributed by atoms with Crippen LogP contribution in [0.5, 0.6) is 11.5 Å². The Bertz CT molecular complexity index is 2280. The molecule has 1 aromatic heterocycles. The lowest BCUT2D eigenvalue weighted by Crippen LogP contribution is -2.49. The first-order valence-corrected chi connectivity index (χ1v) is 30.6. The molecule has 2 N–H and O–H groups in total. The van der Waals surface area contributed by atoms with E-state index in [1.165, 1.54) is 98.6 Å². The van der Waals surface area contributed by atoms with Crippen molar-refractivity contribution in [2.75, 3.05) is 0 Å². The van der Waals surface area contributed by atoms with Gasteiger partial charge >= 0.3 is 0 Å². The second-order valence-electron chi connectivity index (χ2n) is 23.2. The minimum absolute atomic E-state index is 0.0912.